The molecule has 2 aromatic carbocycles. The van der Waals surface area contributed by atoms with Gasteiger partial charge in [0.05, 0.1) is 19.8 Å². The molecule has 1 aliphatic rings. The highest BCUT2D eigenvalue weighted by molar-refractivity contribution is 7.99. The fourth-order valence-electron chi connectivity index (χ4n) is 4.13. The maximum atomic E-state index is 11.4. The maximum absolute atomic E-state index is 11.4. The molecule has 1 fully saturated rings. The molecule has 5 atom stereocenters. The summed E-state index contributed by atoms with van der Waals surface area (Å²) in [5.74, 6) is 1.04. The van der Waals surface area contributed by atoms with Crippen LogP contribution in [0.3, 0.4) is 0 Å². The molecule has 6 nitrogen and oxygen atoms in total. The van der Waals surface area contributed by atoms with Gasteiger partial charge in [-0.05, 0) is 30.2 Å². The number of carbonyl (C=O) groups is 1. The van der Waals surface area contributed by atoms with Gasteiger partial charge in [-0.2, -0.15) is 0 Å². The Labute approximate surface area is 213 Å². The van der Waals surface area contributed by atoms with Crippen molar-refractivity contribution in [1.29, 1.82) is 0 Å². The predicted molar refractivity (Wildman–Crippen MR) is 138 cm³/mol. The van der Waals surface area contributed by atoms with Gasteiger partial charge in [-0.15, -0.1) is 11.8 Å². The molecule has 0 radical (unpaired) electrons. The molecule has 7 heteroatoms. The van der Waals surface area contributed by atoms with Crippen molar-refractivity contribution in [2.24, 2.45) is 0 Å². The van der Waals surface area contributed by atoms with E-state index in [1.807, 2.05) is 60.7 Å². The lowest BCUT2D eigenvalue weighted by atomic mass is 9.99. The van der Waals surface area contributed by atoms with E-state index in [1.165, 1.54) is 0 Å². The van der Waals surface area contributed by atoms with Gasteiger partial charge >= 0.3 is 0 Å². The van der Waals surface area contributed by atoms with Crippen LogP contribution in [0.15, 0.2) is 60.7 Å². The van der Waals surface area contributed by atoms with Gasteiger partial charge in [0, 0.05) is 20.1 Å². The van der Waals surface area contributed by atoms with Crippen molar-refractivity contribution >= 4 is 17.5 Å². The zero-order chi connectivity index (χ0) is 24.9. The Hall–Kier alpha value is -1.74. The van der Waals surface area contributed by atoms with Crippen molar-refractivity contribution in [2.75, 3.05) is 26.1 Å². The quantitative estimate of drug-likeness (QED) is 0.316. The maximum Gasteiger partial charge on any atom is 0.132 e. The van der Waals surface area contributed by atoms with Crippen LogP contribution in [0.5, 0.6) is 0 Å². The van der Waals surface area contributed by atoms with Gasteiger partial charge in [0.1, 0.15) is 35.6 Å². The molecule has 0 aromatic heterocycles. The average molecular weight is 503 g/mol. The van der Waals surface area contributed by atoms with Gasteiger partial charge < -0.3 is 28.5 Å². The number of Topliss-reactive ketones (excluding diaryl/α,β-unsaturated/α-hetero) is 1. The number of carbonyl (C=O) groups excluding carboxylic acids is 1. The molecule has 0 aliphatic carbocycles. The lowest BCUT2D eigenvalue weighted by Gasteiger charge is -2.45. The van der Waals surface area contributed by atoms with Crippen LogP contribution in [0.25, 0.3) is 0 Å². The monoisotopic (exact) mass is 502 g/mol. The smallest absolute Gasteiger partial charge is 0.132 e. The Bertz CT molecular complexity index is 849. The van der Waals surface area contributed by atoms with Gasteiger partial charge in [0.15, 0.2) is 0 Å². The highest BCUT2D eigenvalue weighted by Crippen LogP contribution is 2.34. The molecule has 1 aliphatic heterocycles. The third kappa shape index (κ3) is 9.01. The fraction of sp³-hybridized carbons (Fsp3) is 0.536. The van der Waals surface area contributed by atoms with E-state index in [0.717, 1.165) is 16.9 Å². The first-order valence-corrected chi connectivity index (χ1v) is 13.3. The molecule has 0 unspecified atom stereocenters. The number of hydrogen-bond acceptors (Lipinski definition) is 7. The second-order valence-electron chi connectivity index (χ2n) is 8.60. The zero-order valence-electron chi connectivity index (χ0n) is 21.0. The summed E-state index contributed by atoms with van der Waals surface area (Å²) in [5.41, 5.74) is 1.99. The number of thioether (sulfide) groups is 1. The zero-order valence-corrected chi connectivity index (χ0v) is 21.8. The van der Waals surface area contributed by atoms with Gasteiger partial charge in [0.2, 0.25) is 0 Å². The molecule has 0 saturated carbocycles. The minimum absolute atomic E-state index is 0.156. The van der Waals surface area contributed by atoms with E-state index in [2.05, 4.69) is 6.92 Å². The van der Waals surface area contributed by atoms with Crippen LogP contribution in [-0.2, 0) is 41.7 Å². The molecule has 1 saturated heterocycles. The van der Waals surface area contributed by atoms with Crippen LogP contribution in [0.2, 0.25) is 0 Å². The number of methoxy groups -OCH3 is 1. The SMILES string of the molecule is CCS[C@@H]1O[C@H](COCc2ccccc2)[C@@H](OCCCC(C)=O)[C@H](OC)[C@H]1OCc1ccccc1. The van der Waals surface area contributed by atoms with E-state index in [-0.39, 0.29) is 35.6 Å². The molecule has 0 spiro atoms. The summed E-state index contributed by atoms with van der Waals surface area (Å²) in [6.45, 7) is 5.48. The minimum atomic E-state index is -0.378. The lowest BCUT2D eigenvalue weighted by molar-refractivity contribution is -0.244. The van der Waals surface area contributed by atoms with Gasteiger partial charge in [-0.25, -0.2) is 0 Å². The van der Waals surface area contributed by atoms with Crippen LogP contribution in [0.1, 0.15) is 37.8 Å². The second kappa shape index (κ2) is 15.4. The molecule has 1 heterocycles. The Morgan fingerprint density at radius 2 is 1.57 bits per heavy atom. The topological polar surface area (TPSA) is 63.2 Å². The average Bonchev–Trinajstić information content (AvgIpc) is 2.87. The van der Waals surface area contributed by atoms with Crippen LogP contribution in [-0.4, -0.2) is 61.7 Å². The Kier molecular flexibility index (Phi) is 12.2. The molecule has 3 rings (SSSR count). The predicted octanol–water partition coefficient (Wildman–Crippen LogP) is 5.04. The highest BCUT2D eigenvalue weighted by Gasteiger charge is 2.47. The number of rotatable bonds is 15. The van der Waals surface area contributed by atoms with E-state index >= 15 is 0 Å². The summed E-state index contributed by atoms with van der Waals surface area (Å²) in [7, 11) is 1.69. The Morgan fingerprint density at radius 3 is 2.17 bits per heavy atom. The van der Waals surface area contributed by atoms with Crippen molar-refractivity contribution < 1.29 is 28.5 Å². The first kappa shape index (κ1) is 27.8. The second-order valence-corrected chi connectivity index (χ2v) is 9.98. The summed E-state index contributed by atoms with van der Waals surface area (Å²) in [6.07, 6.45) is -0.197. The van der Waals surface area contributed by atoms with Gasteiger partial charge in [-0.3, -0.25) is 0 Å². The summed E-state index contributed by atoms with van der Waals surface area (Å²) < 4.78 is 31.2. The molecule has 0 amide bonds. The van der Waals surface area contributed by atoms with Crippen LogP contribution >= 0.6 is 11.8 Å². The van der Waals surface area contributed by atoms with Crippen molar-refractivity contribution in [3.8, 4) is 0 Å². The molecule has 0 N–H and O–H groups in total. The number of ketones is 1. The van der Waals surface area contributed by atoms with E-state index in [4.69, 9.17) is 23.7 Å². The van der Waals surface area contributed by atoms with Crippen molar-refractivity contribution in [2.45, 2.75) is 69.8 Å². The van der Waals surface area contributed by atoms with Gasteiger partial charge in [-0.1, -0.05) is 67.6 Å². The summed E-state index contributed by atoms with van der Waals surface area (Å²) in [6, 6.07) is 20.2. The Balaban J connectivity index is 1.71. The molecule has 2 aromatic rings. The molecule has 0 bridgehead atoms. The third-order valence-electron chi connectivity index (χ3n) is 5.86. The van der Waals surface area contributed by atoms with Crippen LogP contribution in [0.4, 0.5) is 0 Å². The van der Waals surface area contributed by atoms with Crippen molar-refractivity contribution in [3.05, 3.63) is 71.8 Å². The standard InChI is InChI=1S/C28H38O6S/c1-4-35-28-27(33-19-23-15-9-6-10-16-23)26(30-3)25(32-17-11-12-21(2)29)24(34-28)20-31-18-22-13-7-5-8-14-22/h5-10,13-16,24-28H,4,11-12,17-20H2,1-3H3/t24-,25-,26+,27-,28+/m1/s1. The van der Waals surface area contributed by atoms with E-state index in [1.54, 1.807) is 25.8 Å². The number of ether oxygens (including phenoxy) is 5. The molecular formula is C28H38O6S. The fourth-order valence-corrected chi connectivity index (χ4v) is 5.10. The number of benzene rings is 2. The summed E-state index contributed by atoms with van der Waals surface area (Å²) in [4.78, 5) is 11.4. The highest BCUT2D eigenvalue weighted by atomic mass is 32.2. The largest absolute Gasteiger partial charge is 0.376 e. The summed E-state index contributed by atoms with van der Waals surface area (Å²) >= 11 is 1.70. The first-order chi connectivity index (χ1) is 17.1. The Morgan fingerprint density at radius 1 is 0.914 bits per heavy atom. The van der Waals surface area contributed by atoms with Crippen LogP contribution < -0.4 is 0 Å². The van der Waals surface area contributed by atoms with E-state index in [9.17, 15) is 4.79 Å². The lowest BCUT2D eigenvalue weighted by Crippen LogP contribution is -2.60. The van der Waals surface area contributed by atoms with Crippen molar-refractivity contribution in [3.63, 3.8) is 0 Å². The van der Waals surface area contributed by atoms with E-state index in [0.29, 0.717) is 39.3 Å². The normalized spacial score (nSPS) is 24.4. The molecule has 192 valence electrons. The van der Waals surface area contributed by atoms with Crippen LogP contribution in [0, 0.1) is 0 Å². The summed E-state index contributed by atoms with van der Waals surface area (Å²) in [5, 5.41) is 0. The minimum Gasteiger partial charge on any atom is -0.376 e. The number of hydrogen-bond donors (Lipinski definition) is 0. The van der Waals surface area contributed by atoms with E-state index < -0.39 is 0 Å². The van der Waals surface area contributed by atoms with Gasteiger partial charge in [0.25, 0.3) is 0 Å². The first-order valence-electron chi connectivity index (χ1n) is 12.3. The third-order valence-corrected chi connectivity index (χ3v) is 6.90. The van der Waals surface area contributed by atoms with Crippen molar-refractivity contribution in [1.82, 2.24) is 0 Å². The molecular weight excluding hydrogens is 464 g/mol. The molecule has 35 heavy (non-hydrogen) atoms.